The van der Waals surface area contributed by atoms with Crippen LogP contribution < -0.4 is 0 Å². The van der Waals surface area contributed by atoms with E-state index in [0.29, 0.717) is 5.92 Å². The van der Waals surface area contributed by atoms with Crippen molar-refractivity contribution in [3.8, 4) is 0 Å². The summed E-state index contributed by atoms with van der Waals surface area (Å²) in [6.45, 7) is 2.69. The highest BCUT2D eigenvalue weighted by Crippen LogP contribution is 2.29. The fourth-order valence-electron chi connectivity index (χ4n) is 4.06. The lowest BCUT2D eigenvalue weighted by Gasteiger charge is -2.35. The van der Waals surface area contributed by atoms with Gasteiger partial charge in [-0.05, 0) is 43.6 Å². The molecule has 0 saturated carbocycles. The largest absolute Gasteiger partial charge is 0.342 e. The van der Waals surface area contributed by atoms with E-state index in [4.69, 9.17) is 0 Å². The second kappa shape index (κ2) is 6.75. The van der Waals surface area contributed by atoms with Crippen LogP contribution in [0.3, 0.4) is 0 Å². The third kappa shape index (κ3) is 3.07. The van der Waals surface area contributed by atoms with E-state index in [1.165, 1.54) is 5.56 Å². The molecule has 1 saturated heterocycles. The van der Waals surface area contributed by atoms with Gasteiger partial charge in [-0.25, -0.2) is 0 Å². The molecule has 0 spiro atoms. The Labute approximate surface area is 142 Å². The maximum Gasteiger partial charge on any atom is 0.233 e. The minimum absolute atomic E-state index is 0.0908. The van der Waals surface area contributed by atoms with Crippen molar-refractivity contribution in [3.05, 3.63) is 48.0 Å². The van der Waals surface area contributed by atoms with Gasteiger partial charge < -0.3 is 9.47 Å². The summed E-state index contributed by atoms with van der Waals surface area (Å²) < 4.78 is 2.04. The van der Waals surface area contributed by atoms with Crippen LogP contribution in [0.25, 0.3) is 0 Å². The smallest absolute Gasteiger partial charge is 0.233 e. The van der Waals surface area contributed by atoms with Crippen LogP contribution in [-0.4, -0.2) is 38.7 Å². The van der Waals surface area contributed by atoms with Crippen LogP contribution in [-0.2, 0) is 17.8 Å². The molecule has 1 aromatic carbocycles. The van der Waals surface area contributed by atoms with E-state index in [9.17, 15) is 4.79 Å². The zero-order valence-corrected chi connectivity index (χ0v) is 14.0. The van der Waals surface area contributed by atoms with Crippen LogP contribution >= 0.6 is 0 Å². The molecule has 1 fully saturated rings. The number of fused-ring (bicyclic) bond motifs is 1. The molecule has 2 aromatic rings. The first-order valence-electron chi connectivity index (χ1n) is 9.01. The van der Waals surface area contributed by atoms with Crippen molar-refractivity contribution < 1.29 is 4.79 Å². The van der Waals surface area contributed by atoms with Crippen molar-refractivity contribution in [2.24, 2.45) is 5.92 Å². The number of rotatable bonds is 3. The SMILES string of the molecule is O=C(C1CCCn2cnnc21)N1CCC(Cc2ccccc2)CC1. The Bertz CT molecular complexity index is 688. The molecule has 24 heavy (non-hydrogen) atoms. The molecule has 2 aliphatic rings. The summed E-state index contributed by atoms with van der Waals surface area (Å²) >= 11 is 0. The molecule has 1 amide bonds. The monoisotopic (exact) mass is 324 g/mol. The van der Waals surface area contributed by atoms with E-state index >= 15 is 0 Å². The molecule has 0 radical (unpaired) electrons. The molecular weight excluding hydrogens is 300 g/mol. The van der Waals surface area contributed by atoms with Gasteiger partial charge in [0, 0.05) is 19.6 Å². The summed E-state index contributed by atoms with van der Waals surface area (Å²) in [6, 6.07) is 10.7. The third-order valence-corrected chi connectivity index (χ3v) is 5.44. The van der Waals surface area contributed by atoms with Gasteiger partial charge in [-0.2, -0.15) is 0 Å². The van der Waals surface area contributed by atoms with Crippen LogP contribution in [0.15, 0.2) is 36.7 Å². The standard InChI is InChI=1S/C19H24N4O/c24-19(17-7-4-10-23-14-20-21-18(17)23)22-11-8-16(9-12-22)13-15-5-2-1-3-6-15/h1-3,5-6,14,16-17H,4,7-13H2. The fraction of sp³-hybridized carbons (Fsp3) is 0.526. The molecule has 0 aliphatic carbocycles. The number of carbonyl (C=O) groups excluding carboxylic acids is 1. The zero-order valence-electron chi connectivity index (χ0n) is 14.0. The van der Waals surface area contributed by atoms with Crippen LogP contribution in [0.1, 0.15) is 43.0 Å². The van der Waals surface area contributed by atoms with Gasteiger partial charge in [0.2, 0.25) is 5.91 Å². The highest BCUT2D eigenvalue weighted by Gasteiger charge is 2.33. The van der Waals surface area contributed by atoms with Crippen molar-refractivity contribution in [1.29, 1.82) is 0 Å². The van der Waals surface area contributed by atoms with Gasteiger partial charge >= 0.3 is 0 Å². The lowest BCUT2D eigenvalue weighted by molar-refractivity contribution is -0.135. The van der Waals surface area contributed by atoms with Crippen LogP contribution in [0.5, 0.6) is 0 Å². The minimum atomic E-state index is -0.0908. The number of likely N-dealkylation sites (tertiary alicyclic amines) is 1. The van der Waals surface area contributed by atoms with E-state index in [0.717, 1.165) is 57.6 Å². The van der Waals surface area contributed by atoms with Crippen LogP contribution in [0.2, 0.25) is 0 Å². The molecule has 0 N–H and O–H groups in total. The van der Waals surface area contributed by atoms with Gasteiger partial charge in [0.25, 0.3) is 0 Å². The van der Waals surface area contributed by atoms with Gasteiger partial charge in [-0.15, -0.1) is 10.2 Å². The molecule has 126 valence electrons. The second-order valence-electron chi connectivity index (χ2n) is 7.04. The third-order valence-electron chi connectivity index (χ3n) is 5.44. The number of aromatic nitrogens is 3. The average Bonchev–Trinajstić information content (AvgIpc) is 3.11. The number of amides is 1. The summed E-state index contributed by atoms with van der Waals surface area (Å²) in [7, 11) is 0. The molecule has 5 nitrogen and oxygen atoms in total. The lowest BCUT2D eigenvalue weighted by atomic mass is 9.89. The fourth-order valence-corrected chi connectivity index (χ4v) is 4.06. The van der Waals surface area contributed by atoms with Crippen molar-refractivity contribution in [1.82, 2.24) is 19.7 Å². The number of nitrogens with zero attached hydrogens (tertiary/aromatic N) is 4. The van der Waals surface area contributed by atoms with Crippen molar-refractivity contribution in [3.63, 3.8) is 0 Å². The predicted molar refractivity (Wildman–Crippen MR) is 91.4 cm³/mol. The van der Waals surface area contributed by atoms with Crippen LogP contribution in [0.4, 0.5) is 0 Å². The van der Waals surface area contributed by atoms with E-state index in [-0.39, 0.29) is 11.8 Å². The molecule has 3 heterocycles. The van der Waals surface area contributed by atoms with Crippen LogP contribution in [0, 0.1) is 5.92 Å². The number of hydrogen-bond acceptors (Lipinski definition) is 3. The van der Waals surface area contributed by atoms with Crippen molar-refractivity contribution in [2.45, 2.75) is 44.6 Å². The molecule has 1 aromatic heterocycles. The minimum Gasteiger partial charge on any atom is -0.342 e. The van der Waals surface area contributed by atoms with Crippen molar-refractivity contribution in [2.75, 3.05) is 13.1 Å². The molecule has 4 rings (SSSR count). The normalized spacial score (nSPS) is 21.5. The van der Waals surface area contributed by atoms with E-state index < -0.39 is 0 Å². The Morgan fingerprint density at radius 1 is 1.08 bits per heavy atom. The highest BCUT2D eigenvalue weighted by molar-refractivity contribution is 5.83. The van der Waals surface area contributed by atoms with E-state index in [2.05, 4.69) is 45.4 Å². The maximum atomic E-state index is 12.9. The van der Waals surface area contributed by atoms with Crippen molar-refractivity contribution >= 4 is 5.91 Å². The summed E-state index contributed by atoms with van der Waals surface area (Å²) in [5, 5.41) is 8.17. The van der Waals surface area contributed by atoms with Gasteiger partial charge in [0.15, 0.2) is 0 Å². The molecule has 0 bridgehead atoms. The summed E-state index contributed by atoms with van der Waals surface area (Å²) in [5.41, 5.74) is 1.41. The molecule has 1 atom stereocenters. The Hall–Kier alpha value is -2.17. The molecule has 5 heteroatoms. The van der Waals surface area contributed by atoms with Gasteiger partial charge in [0.1, 0.15) is 12.2 Å². The first kappa shape index (κ1) is 15.4. The van der Waals surface area contributed by atoms with Gasteiger partial charge in [0.05, 0.1) is 5.92 Å². The second-order valence-corrected chi connectivity index (χ2v) is 7.04. The zero-order chi connectivity index (χ0) is 16.4. The molecule has 2 aliphatic heterocycles. The highest BCUT2D eigenvalue weighted by atomic mass is 16.2. The predicted octanol–water partition coefficient (Wildman–Crippen LogP) is 2.64. The number of hydrogen-bond donors (Lipinski definition) is 0. The number of benzene rings is 1. The Balaban J connectivity index is 1.35. The Morgan fingerprint density at radius 3 is 2.67 bits per heavy atom. The Morgan fingerprint density at radius 2 is 1.88 bits per heavy atom. The van der Waals surface area contributed by atoms with E-state index in [1.54, 1.807) is 6.33 Å². The molecular formula is C19H24N4O. The average molecular weight is 324 g/mol. The van der Waals surface area contributed by atoms with Gasteiger partial charge in [-0.1, -0.05) is 30.3 Å². The van der Waals surface area contributed by atoms with E-state index in [1.807, 2.05) is 4.57 Å². The first-order valence-corrected chi connectivity index (χ1v) is 9.01. The summed E-state index contributed by atoms with van der Waals surface area (Å²) in [5.74, 6) is 1.71. The Kier molecular flexibility index (Phi) is 4.32. The number of piperidine rings is 1. The lowest BCUT2D eigenvalue weighted by Crippen LogP contribution is -2.42. The maximum absolute atomic E-state index is 12.9. The summed E-state index contributed by atoms with van der Waals surface area (Å²) in [6.07, 6.45) is 7.01. The molecule has 1 unspecified atom stereocenters. The topological polar surface area (TPSA) is 51.0 Å². The number of aryl methyl sites for hydroxylation is 1. The summed E-state index contributed by atoms with van der Waals surface area (Å²) in [4.78, 5) is 15.0. The van der Waals surface area contributed by atoms with Gasteiger partial charge in [-0.3, -0.25) is 4.79 Å². The first-order chi connectivity index (χ1) is 11.8. The quantitative estimate of drug-likeness (QED) is 0.872. The number of carbonyl (C=O) groups is 1.